The number of nitrogens with zero attached hydrogens (tertiary/aromatic N) is 1. The first-order valence-electron chi connectivity index (χ1n) is 5.84. The van der Waals surface area contributed by atoms with E-state index in [4.69, 9.17) is 11.3 Å². The van der Waals surface area contributed by atoms with Crippen LogP contribution in [0.25, 0.3) is 4.85 Å². The highest BCUT2D eigenvalue weighted by Crippen LogP contribution is 2.15. The van der Waals surface area contributed by atoms with Crippen LogP contribution in [0, 0.1) is 6.57 Å². The largest absolute Gasteiger partial charge is 0.465 e. The molecule has 0 spiro atoms. The second-order valence-electron chi connectivity index (χ2n) is 3.57. The standard InChI is InChI=1S/C13H17N3O2/c1-3-18-13(17)10-15-8-9-16-12-6-4-11(14-2)5-7-12/h4-7,15-16H,3,8-10H2,1H3. The minimum Gasteiger partial charge on any atom is -0.465 e. The summed E-state index contributed by atoms with van der Waals surface area (Å²) in [6.07, 6.45) is 0. The number of anilines is 1. The Morgan fingerprint density at radius 2 is 2.06 bits per heavy atom. The van der Waals surface area contributed by atoms with Gasteiger partial charge in [0.05, 0.1) is 19.7 Å². The molecule has 5 heteroatoms. The molecule has 96 valence electrons. The van der Waals surface area contributed by atoms with Crippen molar-refractivity contribution in [2.24, 2.45) is 0 Å². The number of carbonyl (C=O) groups is 1. The Hall–Kier alpha value is -2.06. The Balaban J connectivity index is 2.14. The van der Waals surface area contributed by atoms with E-state index < -0.39 is 0 Å². The van der Waals surface area contributed by atoms with E-state index in [1.54, 1.807) is 19.1 Å². The number of benzene rings is 1. The van der Waals surface area contributed by atoms with Gasteiger partial charge in [-0.3, -0.25) is 4.79 Å². The van der Waals surface area contributed by atoms with E-state index in [0.717, 1.165) is 5.69 Å². The van der Waals surface area contributed by atoms with Crippen LogP contribution in [-0.4, -0.2) is 32.2 Å². The molecule has 1 rings (SSSR count). The van der Waals surface area contributed by atoms with Gasteiger partial charge >= 0.3 is 5.97 Å². The van der Waals surface area contributed by atoms with E-state index in [1.807, 2.05) is 12.1 Å². The summed E-state index contributed by atoms with van der Waals surface area (Å²) in [4.78, 5) is 14.3. The fourth-order valence-corrected chi connectivity index (χ4v) is 1.35. The van der Waals surface area contributed by atoms with Crippen LogP contribution < -0.4 is 10.6 Å². The summed E-state index contributed by atoms with van der Waals surface area (Å²) in [5.74, 6) is -0.237. The third-order valence-corrected chi connectivity index (χ3v) is 2.20. The molecule has 1 aromatic carbocycles. The number of ether oxygens (including phenoxy) is 1. The van der Waals surface area contributed by atoms with Crippen molar-refractivity contribution in [2.45, 2.75) is 6.92 Å². The lowest BCUT2D eigenvalue weighted by Crippen LogP contribution is -2.29. The Morgan fingerprint density at radius 3 is 2.67 bits per heavy atom. The van der Waals surface area contributed by atoms with Crippen molar-refractivity contribution in [1.82, 2.24) is 5.32 Å². The van der Waals surface area contributed by atoms with Gasteiger partial charge in [-0.1, -0.05) is 12.1 Å². The zero-order chi connectivity index (χ0) is 13.2. The van der Waals surface area contributed by atoms with Crippen molar-refractivity contribution in [3.8, 4) is 0 Å². The summed E-state index contributed by atoms with van der Waals surface area (Å²) in [6.45, 7) is 10.6. The summed E-state index contributed by atoms with van der Waals surface area (Å²) < 4.78 is 4.78. The fraction of sp³-hybridized carbons (Fsp3) is 0.385. The molecule has 0 atom stereocenters. The van der Waals surface area contributed by atoms with Crippen molar-refractivity contribution in [3.63, 3.8) is 0 Å². The van der Waals surface area contributed by atoms with Gasteiger partial charge in [0.25, 0.3) is 0 Å². The molecular weight excluding hydrogens is 230 g/mol. The fourth-order valence-electron chi connectivity index (χ4n) is 1.35. The molecule has 1 aromatic rings. The molecule has 0 radical (unpaired) electrons. The molecule has 0 fully saturated rings. The van der Waals surface area contributed by atoms with Crippen LogP contribution in [0.3, 0.4) is 0 Å². The summed E-state index contributed by atoms with van der Waals surface area (Å²) in [7, 11) is 0. The first kappa shape index (κ1) is 14.0. The zero-order valence-electron chi connectivity index (χ0n) is 10.4. The molecule has 0 saturated heterocycles. The van der Waals surface area contributed by atoms with Crippen LogP contribution in [0.5, 0.6) is 0 Å². The van der Waals surface area contributed by atoms with Crippen molar-refractivity contribution in [3.05, 3.63) is 35.7 Å². The lowest BCUT2D eigenvalue weighted by molar-refractivity contribution is -0.141. The monoisotopic (exact) mass is 247 g/mol. The van der Waals surface area contributed by atoms with E-state index in [-0.39, 0.29) is 12.5 Å². The van der Waals surface area contributed by atoms with Crippen LogP contribution in [0.1, 0.15) is 6.92 Å². The SMILES string of the molecule is [C-]#[N+]c1ccc(NCCNCC(=O)OCC)cc1. The Labute approximate surface area is 107 Å². The van der Waals surface area contributed by atoms with E-state index in [2.05, 4.69) is 15.5 Å². The van der Waals surface area contributed by atoms with Crippen LogP contribution in [-0.2, 0) is 9.53 Å². The van der Waals surface area contributed by atoms with E-state index in [1.165, 1.54) is 0 Å². The molecule has 5 nitrogen and oxygen atoms in total. The van der Waals surface area contributed by atoms with Gasteiger partial charge in [0.15, 0.2) is 5.69 Å². The molecule has 0 aliphatic heterocycles. The highest BCUT2D eigenvalue weighted by molar-refractivity contribution is 5.71. The summed E-state index contributed by atoms with van der Waals surface area (Å²) in [5.41, 5.74) is 1.58. The number of hydrogen-bond acceptors (Lipinski definition) is 4. The minimum atomic E-state index is -0.237. The summed E-state index contributed by atoms with van der Waals surface area (Å²) in [5, 5.41) is 6.16. The van der Waals surface area contributed by atoms with Gasteiger partial charge in [-0.2, -0.15) is 0 Å². The predicted octanol–water partition coefficient (Wildman–Crippen LogP) is 1.80. The summed E-state index contributed by atoms with van der Waals surface area (Å²) in [6, 6.07) is 7.25. The van der Waals surface area contributed by atoms with E-state index >= 15 is 0 Å². The lowest BCUT2D eigenvalue weighted by atomic mass is 10.3. The Morgan fingerprint density at radius 1 is 1.33 bits per heavy atom. The molecule has 18 heavy (non-hydrogen) atoms. The topological polar surface area (TPSA) is 54.7 Å². The smallest absolute Gasteiger partial charge is 0.319 e. The number of hydrogen-bond donors (Lipinski definition) is 2. The van der Waals surface area contributed by atoms with Gasteiger partial charge in [-0.15, -0.1) is 0 Å². The second-order valence-corrected chi connectivity index (χ2v) is 3.57. The normalized spacial score (nSPS) is 9.56. The van der Waals surface area contributed by atoms with Crippen LogP contribution in [0.2, 0.25) is 0 Å². The predicted molar refractivity (Wildman–Crippen MR) is 70.7 cm³/mol. The quantitative estimate of drug-likeness (QED) is 0.438. The van der Waals surface area contributed by atoms with Gasteiger partial charge in [0.1, 0.15) is 0 Å². The summed E-state index contributed by atoms with van der Waals surface area (Å²) >= 11 is 0. The van der Waals surface area contributed by atoms with Crippen LogP contribution >= 0.6 is 0 Å². The molecule has 0 unspecified atom stereocenters. The molecular formula is C13H17N3O2. The maximum atomic E-state index is 11.0. The zero-order valence-corrected chi connectivity index (χ0v) is 10.4. The van der Waals surface area contributed by atoms with Gasteiger partial charge in [0, 0.05) is 18.8 Å². The Kier molecular flexibility index (Phi) is 6.30. The first-order chi connectivity index (χ1) is 8.76. The number of carbonyl (C=O) groups excluding carboxylic acids is 1. The molecule has 0 heterocycles. The average molecular weight is 247 g/mol. The van der Waals surface area contributed by atoms with Crippen molar-refractivity contribution in [1.29, 1.82) is 0 Å². The molecule has 0 aliphatic rings. The van der Waals surface area contributed by atoms with E-state index in [9.17, 15) is 4.79 Å². The number of nitrogens with one attached hydrogen (secondary N) is 2. The van der Waals surface area contributed by atoms with Crippen molar-refractivity contribution >= 4 is 17.3 Å². The highest BCUT2D eigenvalue weighted by Gasteiger charge is 1.99. The van der Waals surface area contributed by atoms with Crippen LogP contribution in [0.15, 0.2) is 24.3 Å². The highest BCUT2D eigenvalue weighted by atomic mass is 16.5. The lowest BCUT2D eigenvalue weighted by Gasteiger charge is -2.07. The maximum Gasteiger partial charge on any atom is 0.319 e. The second kappa shape index (κ2) is 8.09. The van der Waals surface area contributed by atoms with E-state index in [0.29, 0.717) is 25.4 Å². The van der Waals surface area contributed by atoms with Crippen molar-refractivity contribution in [2.75, 3.05) is 31.6 Å². The third-order valence-electron chi connectivity index (χ3n) is 2.20. The molecule has 0 aliphatic carbocycles. The number of rotatable bonds is 7. The van der Waals surface area contributed by atoms with Gasteiger partial charge in [0.2, 0.25) is 0 Å². The van der Waals surface area contributed by atoms with Crippen LogP contribution in [0.4, 0.5) is 11.4 Å². The average Bonchev–Trinajstić information content (AvgIpc) is 2.39. The maximum absolute atomic E-state index is 11.0. The van der Waals surface area contributed by atoms with Gasteiger partial charge in [-0.05, 0) is 19.1 Å². The minimum absolute atomic E-state index is 0.228. The third kappa shape index (κ3) is 5.32. The molecule has 0 bridgehead atoms. The molecule has 2 N–H and O–H groups in total. The Bertz CT molecular complexity index is 409. The molecule has 0 amide bonds. The molecule has 0 aromatic heterocycles. The molecule has 0 saturated carbocycles. The number of esters is 1. The van der Waals surface area contributed by atoms with Gasteiger partial charge in [-0.25, -0.2) is 4.85 Å². The van der Waals surface area contributed by atoms with Crippen molar-refractivity contribution < 1.29 is 9.53 Å². The first-order valence-corrected chi connectivity index (χ1v) is 5.84. The van der Waals surface area contributed by atoms with Gasteiger partial charge < -0.3 is 15.4 Å².